The molecule has 0 aliphatic carbocycles. The second-order valence-corrected chi connectivity index (χ2v) is 7.09. The van der Waals surface area contributed by atoms with E-state index in [2.05, 4.69) is 31.1 Å². The molecule has 4 nitrogen and oxygen atoms in total. The maximum absolute atomic E-state index is 12.4. The van der Waals surface area contributed by atoms with E-state index in [0.29, 0.717) is 12.1 Å². The quantitative estimate of drug-likeness (QED) is 0.754. The number of anilines is 1. The Labute approximate surface area is 162 Å². The van der Waals surface area contributed by atoms with Gasteiger partial charge in [0.05, 0.1) is 12.5 Å². The van der Waals surface area contributed by atoms with Crippen LogP contribution in [0.3, 0.4) is 0 Å². The first-order valence-electron chi connectivity index (χ1n) is 7.87. The van der Waals surface area contributed by atoms with Crippen molar-refractivity contribution < 1.29 is 4.79 Å². The predicted molar refractivity (Wildman–Crippen MR) is 108 cm³/mol. The molecule has 0 spiro atoms. The van der Waals surface area contributed by atoms with Gasteiger partial charge in [-0.25, -0.2) is 0 Å². The number of halogens is 2. The molecule has 25 heavy (non-hydrogen) atoms. The van der Waals surface area contributed by atoms with Gasteiger partial charge in [-0.15, -0.1) is 24.8 Å². The molecule has 0 fully saturated rings. The summed E-state index contributed by atoms with van der Waals surface area (Å²) in [6, 6.07) is 11.3. The van der Waals surface area contributed by atoms with Gasteiger partial charge in [0.25, 0.3) is 0 Å². The van der Waals surface area contributed by atoms with Gasteiger partial charge in [0, 0.05) is 18.1 Å². The molecule has 0 aliphatic heterocycles. The van der Waals surface area contributed by atoms with Crippen molar-refractivity contribution in [3.05, 3.63) is 59.9 Å². The van der Waals surface area contributed by atoms with E-state index in [4.69, 9.17) is 5.73 Å². The number of aromatic nitrogens is 1. The fraction of sp³-hybridized carbons (Fsp3) is 0.368. The number of nitrogens with one attached hydrogen (secondary N) is 1. The van der Waals surface area contributed by atoms with E-state index >= 15 is 0 Å². The molecule has 2 aromatic rings. The van der Waals surface area contributed by atoms with Gasteiger partial charge in [-0.1, -0.05) is 39.0 Å². The van der Waals surface area contributed by atoms with Crippen LogP contribution in [0.4, 0.5) is 5.69 Å². The van der Waals surface area contributed by atoms with Crippen molar-refractivity contribution in [2.24, 2.45) is 5.41 Å². The van der Waals surface area contributed by atoms with E-state index in [1.807, 2.05) is 42.6 Å². The number of amides is 1. The highest BCUT2D eigenvalue weighted by molar-refractivity contribution is 5.85. The lowest BCUT2D eigenvalue weighted by Crippen LogP contribution is -2.32. The van der Waals surface area contributed by atoms with Crippen LogP contribution in [0, 0.1) is 5.41 Å². The molecule has 0 radical (unpaired) electrons. The van der Waals surface area contributed by atoms with Crippen LogP contribution in [0.25, 0.3) is 0 Å². The third kappa shape index (κ3) is 8.23. The van der Waals surface area contributed by atoms with Gasteiger partial charge in [-0.2, -0.15) is 0 Å². The topological polar surface area (TPSA) is 68.0 Å². The number of rotatable bonds is 5. The summed E-state index contributed by atoms with van der Waals surface area (Å²) in [5.74, 6) is 0.00729. The van der Waals surface area contributed by atoms with E-state index in [1.165, 1.54) is 0 Å². The van der Waals surface area contributed by atoms with E-state index in [0.717, 1.165) is 17.5 Å². The number of pyridine rings is 1. The number of carbonyl (C=O) groups is 1. The highest BCUT2D eigenvalue weighted by Crippen LogP contribution is 2.29. The maximum atomic E-state index is 12.4. The lowest BCUT2D eigenvalue weighted by atomic mass is 9.85. The van der Waals surface area contributed by atoms with Crippen molar-refractivity contribution in [1.29, 1.82) is 0 Å². The summed E-state index contributed by atoms with van der Waals surface area (Å²) in [5.41, 5.74) is 8.48. The van der Waals surface area contributed by atoms with Crippen LogP contribution in [-0.4, -0.2) is 10.9 Å². The first-order valence-corrected chi connectivity index (χ1v) is 7.87. The molecule has 138 valence electrons. The first-order chi connectivity index (χ1) is 10.8. The Morgan fingerprint density at radius 3 is 2.32 bits per heavy atom. The van der Waals surface area contributed by atoms with Crippen LogP contribution < -0.4 is 11.1 Å². The van der Waals surface area contributed by atoms with Gasteiger partial charge in [0.1, 0.15) is 0 Å². The number of hydrogen-bond acceptors (Lipinski definition) is 3. The monoisotopic (exact) mass is 383 g/mol. The average Bonchev–Trinajstić information content (AvgIpc) is 2.48. The zero-order valence-corrected chi connectivity index (χ0v) is 16.5. The van der Waals surface area contributed by atoms with Gasteiger partial charge >= 0.3 is 0 Å². The first kappa shape index (κ1) is 23.2. The van der Waals surface area contributed by atoms with E-state index < -0.39 is 0 Å². The van der Waals surface area contributed by atoms with Crippen LogP contribution in [0.15, 0.2) is 48.8 Å². The number of nitrogens with zero attached hydrogens (tertiary/aromatic N) is 1. The van der Waals surface area contributed by atoms with E-state index in [1.54, 1.807) is 6.20 Å². The summed E-state index contributed by atoms with van der Waals surface area (Å²) < 4.78 is 0. The molecule has 1 atom stereocenters. The summed E-state index contributed by atoms with van der Waals surface area (Å²) in [7, 11) is 0. The molecule has 1 aromatic heterocycles. The van der Waals surface area contributed by atoms with Crippen molar-refractivity contribution in [2.45, 2.75) is 39.7 Å². The highest BCUT2D eigenvalue weighted by atomic mass is 35.5. The third-order valence-electron chi connectivity index (χ3n) is 3.58. The molecule has 1 unspecified atom stereocenters. The minimum atomic E-state index is -0.0371. The molecular weight excluding hydrogens is 357 g/mol. The Kier molecular flexibility index (Phi) is 9.53. The van der Waals surface area contributed by atoms with E-state index in [-0.39, 0.29) is 42.2 Å². The zero-order valence-electron chi connectivity index (χ0n) is 14.9. The van der Waals surface area contributed by atoms with Crippen molar-refractivity contribution in [3.63, 3.8) is 0 Å². The number of benzene rings is 1. The Morgan fingerprint density at radius 1 is 1.16 bits per heavy atom. The minimum absolute atomic E-state index is 0. The molecule has 6 heteroatoms. The van der Waals surface area contributed by atoms with Gasteiger partial charge in [0.2, 0.25) is 5.91 Å². The summed E-state index contributed by atoms with van der Waals surface area (Å²) in [6.07, 6.45) is 4.76. The molecule has 0 saturated heterocycles. The summed E-state index contributed by atoms with van der Waals surface area (Å²) >= 11 is 0. The van der Waals surface area contributed by atoms with Crippen LogP contribution in [0.5, 0.6) is 0 Å². The normalized spacial score (nSPS) is 11.6. The molecular formula is C19H27Cl2N3O. The van der Waals surface area contributed by atoms with Gasteiger partial charge in [-0.05, 0) is 41.2 Å². The molecule has 3 N–H and O–H groups in total. The number of hydrogen-bond donors (Lipinski definition) is 2. The minimum Gasteiger partial charge on any atom is -0.399 e. The highest BCUT2D eigenvalue weighted by Gasteiger charge is 2.22. The Morgan fingerprint density at radius 2 is 1.80 bits per heavy atom. The number of nitrogens with two attached hydrogens (primary N) is 1. The third-order valence-corrected chi connectivity index (χ3v) is 3.58. The second-order valence-electron chi connectivity index (χ2n) is 7.09. The maximum Gasteiger partial charge on any atom is 0.224 e. The Bertz CT molecular complexity index is 640. The van der Waals surface area contributed by atoms with Crippen molar-refractivity contribution in [1.82, 2.24) is 10.3 Å². The second kappa shape index (κ2) is 10.3. The van der Waals surface area contributed by atoms with Crippen LogP contribution in [0.2, 0.25) is 0 Å². The molecule has 0 bridgehead atoms. The van der Waals surface area contributed by atoms with Crippen LogP contribution in [0.1, 0.15) is 44.4 Å². The lowest BCUT2D eigenvalue weighted by Gasteiger charge is -2.27. The lowest BCUT2D eigenvalue weighted by molar-refractivity contribution is -0.121. The number of nitrogen functional groups attached to an aromatic ring is 1. The average molecular weight is 384 g/mol. The SMILES string of the molecule is CC(C)(C)CC(NC(=O)Cc1ccc(N)cc1)c1cccnc1.Cl.Cl. The fourth-order valence-electron chi connectivity index (χ4n) is 2.51. The molecule has 1 heterocycles. The van der Waals surface area contributed by atoms with Gasteiger partial charge < -0.3 is 11.1 Å². The van der Waals surface area contributed by atoms with Crippen molar-refractivity contribution in [3.8, 4) is 0 Å². The molecule has 0 aliphatic rings. The Balaban J connectivity index is 0.00000288. The fourth-order valence-corrected chi connectivity index (χ4v) is 2.51. The predicted octanol–water partition coefficient (Wildman–Crippen LogP) is 4.34. The van der Waals surface area contributed by atoms with Gasteiger partial charge in [0.15, 0.2) is 0 Å². The van der Waals surface area contributed by atoms with Gasteiger partial charge in [-0.3, -0.25) is 9.78 Å². The van der Waals surface area contributed by atoms with Crippen molar-refractivity contribution in [2.75, 3.05) is 5.73 Å². The summed E-state index contributed by atoms with van der Waals surface area (Å²) in [6.45, 7) is 6.51. The largest absolute Gasteiger partial charge is 0.399 e. The standard InChI is InChI=1S/C19H25N3O.2ClH/c1-19(2,3)12-17(15-5-4-10-21-13-15)22-18(23)11-14-6-8-16(20)9-7-14;;/h4-10,13,17H,11-12,20H2,1-3H3,(H,22,23);2*1H. The molecule has 1 amide bonds. The Hall–Kier alpha value is -1.78. The zero-order chi connectivity index (χ0) is 16.9. The smallest absolute Gasteiger partial charge is 0.224 e. The number of carbonyl (C=O) groups excluding carboxylic acids is 1. The molecule has 2 rings (SSSR count). The van der Waals surface area contributed by atoms with Crippen LogP contribution in [-0.2, 0) is 11.2 Å². The van der Waals surface area contributed by atoms with Crippen molar-refractivity contribution >= 4 is 36.4 Å². The molecule has 1 aromatic carbocycles. The summed E-state index contributed by atoms with van der Waals surface area (Å²) in [5, 5.41) is 3.14. The molecule has 0 saturated carbocycles. The summed E-state index contributed by atoms with van der Waals surface area (Å²) in [4.78, 5) is 16.6. The van der Waals surface area contributed by atoms with Crippen LogP contribution >= 0.6 is 24.8 Å². The van der Waals surface area contributed by atoms with E-state index in [9.17, 15) is 4.79 Å².